The van der Waals surface area contributed by atoms with Gasteiger partial charge in [0.1, 0.15) is 0 Å². The lowest BCUT2D eigenvalue weighted by Crippen LogP contribution is -2.40. The van der Waals surface area contributed by atoms with Crippen LogP contribution >= 0.6 is 0 Å². The second-order valence-electron chi connectivity index (χ2n) is 4.48. The van der Waals surface area contributed by atoms with E-state index in [0.717, 1.165) is 6.42 Å². The number of rotatable bonds is 3. The average Bonchev–Trinajstić information content (AvgIpc) is 2.88. The molecule has 2 N–H and O–H groups in total. The van der Waals surface area contributed by atoms with Crippen LogP contribution in [-0.4, -0.2) is 23.5 Å². The van der Waals surface area contributed by atoms with Crippen LogP contribution in [0.3, 0.4) is 0 Å². The van der Waals surface area contributed by atoms with Gasteiger partial charge in [0, 0.05) is 0 Å². The number of hydrogen-bond donors (Lipinski definition) is 2. The number of carbonyl (C=O) groups excluding carboxylic acids is 1. The smallest absolute Gasteiger partial charge is 0.307 e. The Kier molecular flexibility index (Phi) is 3.19. The number of nitrogens with one attached hydrogen (secondary N) is 1. The molecule has 2 aliphatic rings. The fourth-order valence-electron chi connectivity index (χ4n) is 2.85. The van der Waals surface area contributed by atoms with Crippen LogP contribution in [0.2, 0.25) is 0 Å². The molecule has 17 heavy (non-hydrogen) atoms. The number of allylic oxidation sites excluding steroid dienone is 2. The van der Waals surface area contributed by atoms with Gasteiger partial charge in [-0.15, -0.1) is 5.92 Å². The van der Waals surface area contributed by atoms with E-state index in [9.17, 15) is 14.7 Å². The SMILES string of the molecule is CC#CCNC(=O)C1C2C=CC(C2)C1C(=O)O. The van der Waals surface area contributed by atoms with Crippen LogP contribution in [-0.2, 0) is 9.59 Å². The number of aliphatic carboxylic acids is 1. The molecule has 2 bridgehead atoms. The van der Waals surface area contributed by atoms with E-state index in [-0.39, 0.29) is 17.7 Å². The Bertz CT molecular complexity index is 430. The van der Waals surface area contributed by atoms with Crippen molar-refractivity contribution in [3.8, 4) is 11.8 Å². The minimum atomic E-state index is -0.872. The van der Waals surface area contributed by atoms with Gasteiger partial charge >= 0.3 is 5.97 Å². The third-order valence-electron chi connectivity index (χ3n) is 3.57. The monoisotopic (exact) mass is 233 g/mol. The Labute approximate surface area is 100 Å². The van der Waals surface area contributed by atoms with Crippen molar-refractivity contribution < 1.29 is 14.7 Å². The molecule has 2 aliphatic carbocycles. The molecule has 0 aromatic carbocycles. The first kappa shape index (κ1) is 11.7. The van der Waals surface area contributed by atoms with Crippen molar-refractivity contribution in [2.45, 2.75) is 13.3 Å². The molecule has 4 nitrogen and oxygen atoms in total. The lowest BCUT2D eigenvalue weighted by Gasteiger charge is -2.23. The van der Waals surface area contributed by atoms with Crippen molar-refractivity contribution in [2.75, 3.05) is 6.54 Å². The summed E-state index contributed by atoms with van der Waals surface area (Å²) in [5.74, 6) is 3.47. The van der Waals surface area contributed by atoms with Crippen molar-refractivity contribution in [2.24, 2.45) is 23.7 Å². The summed E-state index contributed by atoms with van der Waals surface area (Å²) in [6.45, 7) is 1.99. The summed E-state index contributed by atoms with van der Waals surface area (Å²) in [6, 6.07) is 0. The molecule has 0 aliphatic heterocycles. The molecule has 1 fully saturated rings. The van der Waals surface area contributed by atoms with Crippen molar-refractivity contribution in [1.29, 1.82) is 0 Å². The maximum absolute atomic E-state index is 11.9. The first-order valence-electron chi connectivity index (χ1n) is 5.73. The maximum atomic E-state index is 11.9. The molecule has 4 atom stereocenters. The van der Waals surface area contributed by atoms with Gasteiger partial charge in [-0.2, -0.15) is 0 Å². The van der Waals surface area contributed by atoms with Crippen LogP contribution in [0, 0.1) is 35.5 Å². The minimum absolute atomic E-state index is 0.0190. The molecule has 90 valence electrons. The molecule has 2 rings (SSSR count). The lowest BCUT2D eigenvalue weighted by atomic mass is 9.82. The Morgan fingerprint density at radius 2 is 2.00 bits per heavy atom. The summed E-state index contributed by atoms with van der Waals surface area (Å²) in [4.78, 5) is 23.1. The number of carboxylic acids is 1. The van der Waals surface area contributed by atoms with Gasteiger partial charge in [0.05, 0.1) is 18.4 Å². The van der Waals surface area contributed by atoms with E-state index in [1.165, 1.54) is 0 Å². The van der Waals surface area contributed by atoms with E-state index in [2.05, 4.69) is 17.2 Å². The predicted molar refractivity (Wildman–Crippen MR) is 61.8 cm³/mol. The molecule has 0 radical (unpaired) electrons. The van der Waals surface area contributed by atoms with Gasteiger partial charge in [0.2, 0.25) is 5.91 Å². The highest BCUT2D eigenvalue weighted by molar-refractivity contribution is 5.87. The van der Waals surface area contributed by atoms with E-state index < -0.39 is 17.8 Å². The summed E-state index contributed by atoms with van der Waals surface area (Å²) in [6.07, 6.45) is 4.69. The van der Waals surface area contributed by atoms with Gasteiger partial charge in [-0.05, 0) is 25.2 Å². The quantitative estimate of drug-likeness (QED) is 0.555. The molecule has 0 aromatic heterocycles. The predicted octanol–water partition coefficient (Wildman–Crippen LogP) is 0.649. The molecule has 1 amide bonds. The Hall–Kier alpha value is -1.76. The largest absolute Gasteiger partial charge is 0.481 e. The summed E-state index contributed by atoms with van der Waals surface area (Å²) >= 11 is 0. The van der Waals surface area contributed by atoms with Crippen molar-refractivity contribution in [1.82, 2.24) is 5.32 Å². The Balaban J connectivity index is 2.07. The van der Waals surface area contributed by atoms with Gasteiger partial charge in [-0.25, -0.2) is 0 Å². The first-order chi connectivity index (χ1) is 8.15. The third-order valence-corrected chi connectivity index (χ3v) is 3.57. The summed E-state index contributed by atoms with van der Waals surface area (Å²) in [5.41, 5.74) is 0. The number of amides is 1. The topological polar surface area (TPSA) is 66.4 Å². The van der Waals surface area contributed by atoms with Gasteiger partial charge in [-0.1, -0.05) is 18.1 Å². The lowest BCUT2D eigenvalue weighted by molar-refractivity contribution is -0.147. The molecule has 4 unspecified atom stereocenters. The number of hydrogen-bond acceptors (Lipinski definition) is 2. The molecular formula is C13H15NO3. The van der Waals surface area contributed by atoms with Crippen molar-refractivity contribution in [3.05, 3.63) is 12.2 Å². The van der Waals surface area contributed by atoms with E-state index in [1.807, 2.05) is 12.2 Å². The summed E-state index contributed by atoms with van der Waals surface area (Å²) in [5, 5.41) is 11.9. The zero-order chi connectivity index (χ0) is 12.4. The maximum Gasteiger partial charge on any atom is 0.307 e. The Morgan fingerprint density at radius 3 is 2.59 bits per heavy atom. The number of fused-ring (bicyclic) bond motifs is 2. The van der Waals surface area contributed by atoms with Crippen molar-refractivity contribution in [3.63, 3.8) is 0 Å². The highest BCUT2D eigenvalue weighted by atomic mass is 16.4. The molecule has 4 heteroatoms. The summed E-state index contributed by atoms with van der Waals surface area (Å²) < 4.78 is 0. The fraction of sp³-hybridized carbons (Fsp3) is 0.538. The van der Waals surface area contributed by atoms with E-state index in [1.54, 1.807) is 6.92 Å². The molecule has 1 saturated carbocycles. The van der Waals surface area contributed by atoms with Crippen LogP contribution in [0.5, 0.6) is 0 Å². The highest BCUT2D eigenvalue weighted by Crippen LogP contribution is 2.48. The fourth-order valence-corrected chi connectivity index (χ4v) is 2.85. The number of carboxylic acid groups (broad SMARTS) is 1. The zero-order valence-electron chi connectivity index (χ0n) is 9.64. The molecule has 0 aromatic rings. The second-order valence-corrected chi connectivity index (χ2v) is 4.48. The van der Waals surface area contributed by atoms with Crippen LogP contribution < -0.4 is 5.32 Å². The normalized spacial score (nSPS) is 33.0. The molecular weight excluding hydrogens is 218 g/mol. The average molecular weight is 233 g/mol. The molecule has 0 saturated heterocycles. The minimum Gasteiger partial charge on any atom is -0.481 e. The van der Waals surface area contributed by atoms with E-state index in [0.29, 0.717) is 6.54 Å². The van der Waals surface area contributed by atoms with Gasteiger partial charge in [-0.3, -0.25) is 9.59 Å². The zero-order valence-corrected chi connectivity index (χ0v) is 9.64. The van der Waals surface area contributed by atoms with Crippen LogP contribution in [0.15, 0.2) is 12.2 Å². The van der Waals surface area contributed by atoms with Gasteiger partial charge < -0.3 is 10.4 Å². The Morgan fingerprint density at radius 1 is 1.35 bits per heavy atom. The third kappa shape index (κ3) is 2.05. The van der Waals surface area contributed by atoms with E-state index in [4.69, 9.17) is 0 Å². The molecule has 0 spiro atoms. The summed E-state index contributed by atoms with van der Waals surface area (Å²) in [7, 11) is 0. The standard InChI is InChI=1S/C13H15NO3/c1-2-3-6-14-12(15)10-8-4-5-9(7-8)11(10)13(16)17/h4-5,8-11H,6-7H2,1H3,(H,14,15)(H,16,17). The van der Waals surface area contributed by atoms with E-state index >= 15 is 0 Å². The first-order valence-corrected chi connectivity index (χ1v) is 5.73. The van der Waals surface area contributed by atoms with Crippen molar-refractivity contribution >= 4 is 11.9 Å². The highest BCUT2D eigenvalue weighted by Gasteiger charge is 2.51. The molecule has 0 heterocycles. The van der Waals surface area contributed by atoms with Crippen LogP contribution in [0.1, 0.15) is 13.3 Å². The number of carbonyl (C=O) groups is 2. The van der Waals surface area contributed by atoms with Gasteiger partial charge in [0.15, 0.2) is 0 Å². The second kappa shape index (κ2) is 4.62. The van der Waals surface area contributed by atoms with Crippen LogP contribution in [0.4, 0.5) is 0 Å². The van der Waals surface area contributed by atoms with Gasteiger partial charge in [0.25, 0.3) is 0 Å². The van der Waals surface area contributed by atoms with Crippen LogP contribution in [0.25, 0.3) is 0 Å².